The maximum Gasteiger partial charge on any atom is 0.214 e. The van der Waals surface area contributed by atoms with Crippen molar-refractivity contribution in [3.05, 3.63) is 58.0 Å². The summed E-state index contributed by atoms with van der Waals surface area (Å²) in [5.41, 5.74) is 1.36. The topological polar surface area (TPSA) is 44.9 Å². The zero-order valence-corrected chi connectivity index (χ0v) is 17.9. The van der Waals surface area contributed by atoms with E-state index in [0.717, 1.165) is 11.6 Å². The largest absolute Gasteiger partial charge is 0.473 e. The third-order valence-electron chi connectivity index (χ3n) is 3.54. The maximum absolute atomic E-state index is 7.18. The number of halogens is 1. The van der Waals surface area contributed by atoms with Crippen molar-refractivity contribution in [1.82, 2.24) is 4.98 Å². The highest BCUT2D eigenvalue weighted by Crippen LogP contribution is 2.27. The molecule has 0 fully saturated rings. The van der Waals surface area contributed by atoms with Gasteiger partial charge in [-0.1, -0.05) is 37.8 Å². The van der Waals surface area contributed by atoms with Gasteiger partial charge in [-0.3, -0.25) is 0 Å². The van der Waals surface area contributed by atoms with Crippen LogP contribution in [0.15, 0.2) is 41.0 Å². The van der Waals surface area contributed by atoms with Crippen molar-refractivity contribution in [3.63, 3.8) is 0 Å². The first-order valence-corrected chi connectivity index (χ1v) is 12.8. The van der Waals surface area contributed by atoms with Crippen LogP contribution >= 0.6 is 15.9 Å². The van der Waals surface area contributed by atoms with E-state index < -0.39 is 8.07 Å². The van der Waals surface area contributed by atoms with Gasteiger partial charge in [0.1, 0.15) is 17.0 Å². The Morgan fingerprint density at radius 1 is 1.15 bits per heavy atom. The van der Waals surface area contributed by atoms with E-state index in [1.165, 1.54) is 0 Å². The number of ether oxygens (including phenoxy) is 3. The van der Waals surface area contributed by atoms with Crippen LogP contribution < -0.4 is 9.47 Å². The van der Waals surface area contributed by atoms with Gasteiger partial charge >= 0.3 is 0 Å². The van der Waals surface area contributed by atoms with Gasteiger partial charge in [-0.15, -0.1) is 0 Å². The minimum Gasteiger partial charge on any atom is -0.473 e. The van der Waals surface area contributed by atoms with Crippen LogP contribution in [0.4, 0.5) is 5.69 Å². The lowest BCUT2D eigenvalue weighted by Crippen LogP contribution is -2.22. The molecule has 0 saturated heterocycles. The second-order valence-electron chi connectivity index (χ2n) is 6.97. The van der Waals surface area contributed by atoms with Crippen LogP contribution in [-0.4, -0.2) is 26.5 Å². The highest BCUT2D eigenvalue weighted by molar-refractivity contribution is 9.10. The van der Waals surface area contributed by atoms with Gasteiger partial charge in [0.2, 0.25) is 5.88 Å². The van der Waals surface area contributed by atoms with Gasteiger partial charge < -0.3 is 14.2 Å². The number of pyridine rings is 1. The summed E-state index contributed by atoms with van der Waals surface area (Å²) in [5.74, 6) is 1.12. The van der Waals surface area contributed by atoms with Gasteiger partial charge in [0.15, 0.2) is 12.5 Å². The number of rotatable bonds is 9. The molecule has 5 nitrogen and oxygen atoms in total. The zero-order valence-electron chi connectivity index (χ0n) is 15.3. The van der Waals surface area contributed by atoms with E-state index in [0.29, 0.717) is 35.1 Å². The molecule has 0 amide bonds. The monoisotopic (exact) mass is 434 g/mol. The maximum atomic E-state index is 7.18. The zero-order chi connectivity index (χ0) is 19.0. The Morgan fingerprint density at radius 3 is 2.65 bits per heavy atom. The standard InChI is InChI=1S/C19H23BrN2O3Si/c1-21-16-9-8-15(13-24-19-7-5-6-18(20)22-19)17(12-16)25-14-23-10-11-26(2,3)4/h5-9,12H,10-11,13-14H2,2-4H3. The van der Waals surface area contributed by atoms with Crippen LogP contribution in [0, 0.1) is 6.57 Å². The Labute approximate surface area is 164 Å². The number of nitrogens with zero attached hydrogens (tertiary/aromatic N) is 2. The van der Waals surface area contributed by atoms with Crippen molar-refractivity contribution < 1.29 is 14.2 Å². The van der Waals surface area contributed by atoms with Crippen molar-refractivity contribution in [2.24, 2.45) is 0 Å². The fourth-order valence-electron chi connectivity index (χ4n) is 2.03. The SMILES string of the molecule is [C-]#[N+]c1ccc(COc2cccc(Br)n2)c(OCOCC[Si](C)(C)C)c1. The fraction of sp³-hybridized carbons (Fsp3) is 0.368. The summed E-state index contributed by atoms with van der Waals surface area (Å²) < 4.78 is 17.8. The fourth-order valence-corrected chi connectivity index (χ4v) is 3.11. The van der Waals surface area contributed by atoms with Crippen LogP contribution in [0.3, 0.4) is 0 Å². The molecule has 0 aliphatic rings. The molecule has 2 rings (SSSR count). The van der Waals surface area contributed by atoms with Gasteiger partial charge in [0, 0.05) is 26.3 Å². The van der Waals surface area contributed by atoms with Crippen LogP contribution in [0.1, 0.15) is 5.56 Å². The predicted octanol–water partition coefficient (Wildman–Crippen LogP) is 5.66. The molecular formula is C19H23BrN2O3Si. The Morgan fingerprint density at radius 2 is 1.96 bits per heavy atom. The number of aromatic nitrogens is 1. The molecule has 0 radical (unpaired) electrons. The minimum absolute atomic E-state index is 0.161. The first-order chi connectivity index (χ1) is 12.4. The third-order valence-corrected chi connectivity index (χ3v) is 5.68. The summed E-state index contributed by atoms with van der Waals surface area (Å²) in [6, 6.07) is 11.9. The normalized spacial score (nSPS) is 11.0. The molecule has 0 unspecified atom stereocenters. The van der Waals surface area contributed by atoms with E-state index in [9.17, 15) is 0 Å². The van der Waals surface area contributed by atoms with E-state index in [-0.39, 0.29) is 6.79 Å². The van der Waals surface area contributed by atoms with Gasteiger partial charge in [-0.2, -0.15) is 0 Å². The molecule has 0 atom stereocenters. The van der Waals surface area contributed by atoms with Crippen molar-refractivity contribution in [2.45, 2.75) is 32.3 Å². The molecule has 1 aromatic heterocycles. The summed E-state index contributed by atoms with van der Waals surface area (Å²) in [5, 5.41) is 0. The van der Waals surface area contributed by atoms with E-state index >= 15 is 0 Å². The van der Waals surface area contributed by atoms with Crippen LogP contribution in [0.25, 0.3) is 4.85 Å². The Kier molecular flexibility index (Phi) is 7.63. The second kappa shape index (κ2) is 9.71. The van der Waals surface area contributed by atoms with Gasteiger partial charge in [-0.05, 0) is 34.1 Å². The van der Waals surface area contributed by atoms with Crippen LogP contribution in [0.2, 0.25) is 25.7 Å². The summed E-state index contributed by atoms with van der Waals surface area (Å²) in [6.45, 7) is 15.2. The van der Waals surface area contributed by atoms with Crippen molar-refractivity contribution in [1.29, 1.82) is 0 Å². The Balaban J connectivity index is 1.96. The molecule has 0 N–H and O–H groups in total. The lowest BCUT2D eigenvalue weighted by atomic mass is 10.2. The average molecular weight is 435 g/mol. The van der Waals surface area contributed by atoms with Gasteiger partial charge in [0.05, 0.1) is 6.57 Å². The molecular weight excluding hydrogens is 412 g/mol. The smallest absolute Gasteiger partial charge is 0.214 e. The highest BCUT2D eigenvalue weighted by atomic mass is 79.9. The predicted molar refractivity (Wildman–Crippen MR) is 109 cm³/mol. The molecule has 2 aromatic rings. The second-order valence-corrected chi connectivity index (χ2v) is 13.4. The summed E-state index contributed by atoms with van der Waals surface area (Å²) >= 11 is 3.32. The summed E-state index contributed by atoms with van der Waals surface area (Å²) in [4.78, 5) is 7.70. The molecule has 7 heteroatoms. The van der Waals surface area contributed by atoms with Crippen LogP contribution in [0.5, 0.6) is 11.6 Å². The molecule has 0 spiro atoms. The number of hydrogen-bond acceptors (Lipinski definition) is 4. The molecule has 138 valence electrons. The third kappa shape index (κ3) is 7.16. The average Bonchev–Trinajstić information content (AvgIpc) is 2.59. The minimum atomic E-state index is -1.12. The molecule has 1 heterocycles. The Bertz CT molecular complexity index is 772. The van der Waals surface area contributed by atoms with E-state index in [4.69, 9.17) is 20.8 Å². The highest BCUT2D eigenvalue weighted by Gasteiger charge is 2.12. The lowest BCUT2D eigenvalue weighted by molar-refractivity contribution is 0.0210. The molecule has 0 aliphatic heterocycles. The quantitative estimate of drug-likeness (QED) is 0.168. The molecule has 0 bridgehead atoms. The van der Waals surface area contributed by atoms with Gasteiger partial charge in [0.25, 0.3) is 0 Å². The first-order valence-electron chi connectivity index (χ1n) is 8.34. The first kappa shape index (κ1) is 20.4. The van der Waals surface area contributed by atoms with E-state index in [1.807, 2.05) is 18.2 Å². The van der Waals surface area contributed by atoms with Crippen molar-refractivity contribution in [2.75, 3.05) is 13.4 Å². The van der Waals surface area contributed by atoms with E-state index in [1.54, 1.807) is 18.2 Å². The Hall–Kier alpha value is -1.88. The van der Waals surface area contributed by atoms with E-state index in [2.05, 4.69) is 45.4 Å². The molecule has 26 heavy (non-hydrogen) atoms. The summed E-state index contributed by atoms with van der Waals surface area (Å²) in [7, 11) is -1.12. The van der Waals surface area contributed by atoms with Gasteiger partial charge in [-0.25, -0.2) is 9.83 Å². The number of benzene rings is 1. The number of hydrogen-bond donors (Lipinski definition) is 0. The summed E-state index contributed by atoms with van der Waals surface area (Å²) in [6.07, 6.45) is 0. The lowest BCUT2D eigenvalue weighted by Gasteiger charge is -2.16. The molecule has 1 aromatic carbocycles. The molecule has 0 saturated carbocycles. The van der Waals surface area contributed by atoms with Crippen LogP contribution in [-0.2, 0) is 11.3 Å². The van der Waals surface area contributed by atoms with Crippen molar-refractivity contribution in [3.8, 4) is 11.6 Å². The molecule has 0 aliphatic carbocycles. The van der Waals surface area contributed by atoms with Crippen molar-refractivity contribution >= 4 is 29.7 Å².